The van der Waals surface area contributed by atoms with Gasteiger partial charge in [0.1, 0.15) is 0 Å². The van der Waals surface area contributed by atoms with Gasteiger partial charge in [-0.2, -0.15) is 0 Å². The van der Waals surface area contributed by atoms with Crippen molar-refractivity contribution in [2.45, 2.75) is 6.61 Å². The van der Waals surface area contributed by atoms with Crippen molar-refractivity contribution in [3.8, 4) is 0 Å². The van der Waals surface area contributed by atoms with Crippen LogP contribution in [0.4, 0.5) is 0 Å². The molecule has 0 bridgehead atoms. The van der Waals surface area contributed by atoms with Crippen LogP contribution in [-0.4, -0.2) is 28.0 Å². The lowest BCUT2D eigenvalue weighted by atomic mass is 10.1. The van der Waals surface area contributed by atoms with Gasteiger partial charge in [0.15, 0.2) is 0 Å². The van der Waals surface area contributed by atoms with Crippen LogP contribution in [0.1, 0.15) is 5.56 Å². The average molecular weight is 325 g/mol. The number of benzene rings is 2. The fourth-order valence-corrected chi connectivity index (χ4v) is 4.62. The van der Waals surface area contributed by atoms with Crippen LogP contribution in [0.25, 0.3) is 10.8 Å². The summed E-state index contributed by atoms with van der Waals surface area (Å²) in [5.41, 5.74) is 1.02. The second-order valence-electron chi connectivity index (χ2n) is 5.14. The molecule has 0 N–H and O–H groups in total. The van der Waals surface area contributed by atoms with E-state index >= 15 is 0 Å². The zero-order valence-corrected chi connectivity index (χ0v) is 14.2. The molecule has 0 aliphatic carbocycles. The van der Waals surface area contributed by atoms with Gasteiger partial charge >= 0.3 is 8.80 Å². The predicted octanol–water partition coefficient (Wildman–Crippen LogP) is 2.89. The molecule has 0 saturated heterocycles. The van der Waals surface area contributed by atoms with Crippen molar-refractivity contribution < 1.29 is 13.3 Å². The molecule has 0 radical (unpaired) electrons. The lowest BCUT2D eigenvalue weighted by Gasteiger charge is -2.26. The summed E-state index contributed by atoms with van der Waals surface area (Å²) < 4.78 is 17.5. The molecule has 0 atom stereocenters. The maximum Gasteiger partial charge on any atom is 0.536 e. The van der Waals surface area contributed by atoms with Crippen LogP contribution in [0.3, 0.4) is 0 Å². The van der Waals surface area contributed by atoms with E-state index in [-0.39, 0.29) is 0 Å². The molecule has 0 amide bonds. The fourth-order valence-electron chi connectivity index (χ4n) is 2.63. The third kappa shape index (κ3) is 3.18. The van der Waals surface area contributed by atoms with Crippen LogP contribution in [-0.2, 0) is 19.9 Å². The quantitative estimate of drug-likeness (QED) is 0.654. The van der Waals surface area contributed by atoms with E-state index in [0.717, 1.165) is 21.5 Å². The zero-order valence-electron chi connectivity index (χ0n) is 13.2. The van der Waals surface area contributed by atoms with Gasteiger partial charge in [0.05, 0.1) is 6.61 Å². The molecule has 3 rings (SSSR count). The number of aromatic nitrogens is 1. The monoisotopic (exact) mass is 325 g/mol. The second kappa shape index (κ2) is 7.02. The topological polar surface area (TPSA) is 40.6 Å². The molecule has 118 valence electrons. The number of nitrogens with zero attached hydrogens (tertiary/aromatic N) is 1. The van der Waals surface area contributed by atoms with E-state index in [0.29, 0.717) is 6.61 Å². The van der Waals surface area contributed by atoms with Crippen LogP contribution in [0.2, 0.25) is 0 Å². The number of pyridine rings is 1. The van der Waals surface area contributed by atoms with Gasteiger partial charge in [-0.1, -0.05) is 54.6 Å². The highest BCUT2D eigenvalue weighted by Gasteiger charge is 2.41. The summed E-state index contributed by atoms with van der Waals surface area (Å²) in [4.78, 5) is 4.29. The fraction of sp³-hybridized carbons (Fsp3) is 0.167. The molecule has 0 spiro atoms. The van der Waals surface area contributed by atoms with Crippen molar-refractivity contribution in [2.75, 3.05) is 14.2 Å². The van der Waals surface area contributed by atoms with Crippen molar-refractivity contribution in [1.29, 1.82) is 0 Å². The van der Waals surface area contributed by atoms with Crippen LogP contribution >= 0.6 is 0 Å². The summed E-state index contributed by atoms with van der Waals surface area (Å²) in [6.45, 7) is 0.386. The maximum atomic E-state index is 6.16. The smallest absolute Gasteiger partial charge is 0.373 e. The van der Waals surface area contributed by atoms with E-state index in [2.05, 4.69) is 11.1 Å². The van der Waals surface area contributed by atoms with Gasteiger partial charge in [-0.3, -0.25) is 4.98 Å². The van der Waals surface area contributed by atoms with Crippen molar-refractivity contribution in [1.82, 2.24) is 4.98 Å². The standard InChI is InChI=1S/C18H19NO3Si/c1-20-23(21-2,17-9-4-3-5-10-17)22-14-16-13-19-12-15-8-6-7-11-18(15)16/h3-13H,14H2,1-2H3. The Kier molecular flexibility index (Phi) is 4.83. The van der Waals surface area contributed by atoms with E-state index in [4.69, 9.17) is 13.3 Å². The third-order valence-corrected chi connectivity index (χ3v) is 6.47. The molecule has 0 saturated carbocycles. The van der Waals surface area contributed by atoms with E-state index < -0.39 is 8.80 Å². The number of hydrogen-bond acceptors (Lipinski definition) is 4. The number of fused-ring (bicyclic) bond motifs is 1. The molecule has 1 aromatic heterocycles. The van der Waals surface area contributed by atoms with Gasteiger partial charge < -0.3 is 13.3 Å². The second-order valence-corrected chi connectivity index (χ2v) is 7.93. The van der Waals surface area contributed by atoms with Gasteiger partial charge in [0, 0.05) is 42.7 Å². The van der Waals surface area contributed by atoms with Crippen molar-refractivity contribution >= 4 is 24.8 Å². The summed E-state index contributed by atoms with van der Waals surface area (Å²) in [5, 5.41) is 3.17. The minimum Gasteiger partial charge on any atom is -0.373 e. The minimum absolute atomic E-state index is 0.386. The first-order chi connectivity index (χ1) is 11.3. The van der Waals surface area contributed by atoms with E-state index in [1.807, 2.05) is 60.9 Å². The van der Waals surface area contributed by atoms with Gasteiger partial charge in [-0.25, -0.2) is 0 Å². The predicted molar refractivity (Wildman–Crippen MR) is 92.4 cm³/mol. The molecular formula is C18H19NO3Si. The maximum absolute atomic E-state index is 6.16. The molecule has 3 aromatic rings. The Morgan fingerprint density at radius 2 is 1.57 bits per heavy atom. The molecule has 0 unspecified atom stereocenters. The Hall–Kier alpha value is -2.05. The molecular weight excluding hydrogens is 306 g/mol. The normalized spacial score (nSPS) is 11.7. The van der Waals surface area contributed by atoms with Gasteiger partial charge in [0.25, 0.3) is 0 Å². The highest BCUT2D eigenvalue weighted by atomic mass is 28.4. The SMILES string of the molecule is CO[Si](OC)(OCc1cncc2ccccc12)c1ccccc1. The zero-order chi connectivity index (χ0) is 16.1. The molecule has 4 nitrogen and oxygen atoms in total. The summed E-state index contributed by atoms with van der Waals surface area (Å²) >= 11 is 0. The van der Waals surface area contributed by atoms with E-state index in [9.17, 15) is 0 Å². The first-order valence-corrected chi connectivity index (χ1v) is 9.13. The van der Waals surface area contributed by atoms with Gasteiger partial charge in [-0.15, -0.1) is 0 Å². The van der Waals surface area contributed by atoms with Gasteiger partial charge in [0.2, 0.25) is 0 Å². The average Bonchev–Trinajstić information content (AvgIpc) is 2.64. The van der Waals surface area contributed by atoms with Crippen molar-refractivity contribution in [3.63, 3.8) is 0 Å². The summed E-state index contributed by atoms with van der Waals surface area (Å²) in [6.07, 6.45) is 3.69. The molecule has 0 fully saturated rings. The minimum atomic E-state index is -2.92. The molecule has 5 heteroatoms. The molecule has 0 aliphatic rings. The van der Waals surface area contributed by atoms with Crippen LogP contribution in [0, 0.1) is 0 Å². The molecule has 23 heavy (non-hydrogen) atoms. The Labute approximate surface area is 137 Å². The third-order valence-electron chi connectivity index (χ3n) is 3.83. The molecule has 0 aliphatic heterocycles. The molecule has 1 heterocycles. The Morgan fingerprint density at radius 1 is 0.870 bits per heavy atom. The van der Waals surface area contributed by atoms with Crippen LogP contribution in [0.5, 0.6) is 0 Å². The Bertz CT molecular complexity index is 770. The largest absolute Gasteiger partial charge is 0.536 e. The summed E-state index contributed by atoms with van der Waals surface area (Å²) in [7, 11) is 0.341. The first kappa shape index (κ1) is 15.8. The summed E-state index contributed by atoms with van der Waals surface area (Å²) in [5.74, 6) is 0. The van der Waals surface area contributed by atoms with Crippen LogP contribution < -0.4 is 5.19 Å². The highest BCUT2D eigenvalue weighted by molar-refractivity contribution is 6.75. The van der Waals surface area contributed by atoms with Crippen LogP contribution in [0.15, 0.2) is 67.0 Å². The van der Waals surface area contributed by atoms with Gasteiger partial charge in [-0.05, 0) is 5.39 Å². The highest BCUT2D eigenvalue weighted by Crippen LogP contribution is 2.20. The number of hydrogen-bond donors (Lipinski definition) is 0. The van der Waals surface area contributed by atoms with Crippen molar-refractivity contribution in [2.24, 2.45) is 0 Å². The van der Waals surface area contributed by atoms with Crippen molar-refractivity contribution in [3.05, 3.63) is 72.6 Å². The Balaban J connectivity index is 1.90. The Morgan fingerprint density at radius 3 is 2.30 bits per heavy atom. The van der Waals surface area contributed by atoms with E-state index in [1.54, 1.807) is 14.2 Å². The molecule has 2 aromatic carbocycles. The number of rotatable bonds is 6. The lowest BCUT2D eigenvalue weighted by molar-refractivity contribution is 0.107. The summed E-state index contributed by atoms with van der Waals surface area (Å²) in [6, 6.07) is 17.9. The lowest BCUT2D eigenvalue weighted by Crippen LogP contribution is -2.55. The first-order valence-electron chi connectivity index (χ1n) is 7.40. The van der Waals surface area contributed by atoms with E-state index in [1.165, 1.54) is 0 Å².